The molecule has 2 aromatic rings. The number of rotatable bonds is 7. The van der Waals surface area contributed by atoms with E-state index >= 15 is 0 Å². The molecule has 1 fully saturated rings. The Morgan fingerprint density at radius 1 is 1.48 bits per heavy atom. The fourth-order valence-electron chi connectivity index (χ4n) is 3.46. The van der Waals surface area contributed by atoms with Gasteiger partial charge in [0.2, 0.25) is 0 Å². The van der Waals surface area contributed by atoms with Crippen LogP contribution >= 0.6 is 11.3 Å². The summed E-state index contributed by atoms with van der Waals surface area (Å²) < 4.78 is 1.68. The van der Waals surface area contributed by atoms with Gasteiger partial charge in [0.05, 0.1) is 17.2 Å². The molecule has 2 N–H and O–H groups in total. The molecular weight excluding hydrogens is 360 g/mol. The molecular formula is C20H28N4O2S. The van der Waals surface area contributed by atoms with Crippen LogP contribution < -0.4 is 16.2 Å². The number of piperidine rings is 1. The number of carbonyl (C=O) groups excluding carboxylic acids is 1. The van der Waals surface area contributed by atoms with Crippen LogP contribution in [-0.4, -0.2) is 28.5 Å². The minimum absolute atomic E-state index is 0.206. The smallest absolute Gasteiger partial charge is 0.263 e. The predicted molar refractivity (Wildman–Crippen MR) is 108 cm³/mol. The maximum absolute atomic E-state index is 12.9. The van der Waals surface area contributed by atoms with Crippen LogP contribution in [0.25, 0.3) is 0 Å². The summed E-state index contributed by atoms with van der Waals surface area (Å²) in [5, 5.41) is 9.29. The highest BCUT2D eigenvalue weighted by Crippen LogP contribution is 2.13. The van der Waals surface area contributed by atoms with Gasteiger partial charge in [-0.3, -0.25) is 9.59 Å². The van der Waals surface area contributed by atoms with Crippen molar-refractivity contribution in [2.24, 2.45) is 5.92 Å². The van der Waals surface area contributed by atoms with Crippen LogP contribution in [0.5, 0.6) is 0 Å². The van der Waals surface area contributed by atoms with E-state index in [1.165, 1.54) is 0 Å². The molecule has 7 heteroatoms. The number of hydrogen-bond donors (Lipinski definition) is 2. The lowest BCUT2D eigenvalue weighted by Gasteiger charge is -2.23. The molecule has 2 aromatic heterocycles. The lowest BCUT2D eigenvalue weighted by Crippen LogP contribution is -2.37. The number of amides is 1. The van der Waals surface area contributed by atoms with E-state index in [4.69, 9.17) is 0 Å². The van der Waals surface area contributed by atoms with Crippen molar-refractivity contribution in [3.05, 3.63) is 49.8 Å². The molecule has 146 valence electrons. The normalized spacial score (nSPS) is 17.0. The number of carbonyl (C=O) groups is 1. The van der Waals surface area contributed by atoms with Crippen LogP contribution in [0.1, 0.15) is 52.8 Å². The molecule has 1 unspecified atom stereocenters. The largest absolute Gasteiger partial charge is 0.346 e. The summed E-state index contributed by atoms with van der Waals surface area (Å²) in [6.07, 6.45) is 6.06. The standard InChI is InChI=1S/C20H28N4O2S/c1-3-5-17-23-16(13-27-17)11-22-19(25)18-14(2)7-9-24(20(18)26)12-15-6-4-8-21-10-15/h7,9,13,15,21H,3-6,8,10-12H2,1-2H3,(H,22,25). The summed E-state index contributed by atoms with van der Waals surface area (Å²) in [5.41, 5.74) is 1.59. The summed E-state index contributed by atoms with van der Waals surface area (Å²) in [5.74, 6) is 0.112. The fourth-order valence-corrected chi connectivity index (χ4v) is 4.36. The van der Waals surface area contributed by atoms with Crippen molar-refractivity contribution in [1.82, 2.24) is 20.2 Å². The summed E-state index contributed by atoms with van der Waals surface area (Å²) in [4.78, 5) is 30.1. The first kappa shape index (κ1) is 19.8. The van der Waals surface area contributed by atoms with Gasteiger partial charge < -0.3 is 15.2 Å². The van der Waals surface area contributed by atoms with E-state index in [-0.39, 0.29) is 17.0 Å². The van der Waals surface area contributed by atoms with E-state index in [0.717, 1.165) is 49.5 Å². The van der Waals surface area contributed by atoms with Crippen molar-refractivity contribution in [3.8, 4) is 0 Å². The van der Waals surface area contributed by atoms with E-state index in [1.54, 1.807) is 22.1 Å². The van der Waals surface area contributed by atoms with Crippen LogP contribution in [0.3, 0.4) is 0 Å². The zero-order chi connectivity index (χ0) is 19.2. The molecule has 6 nitrogen and oxygen atoms in total. The third-order valence-corrected chi connectivity index (χ3v) is 5.91. The fraction of sp³-hybridized carbons (Fsp3) is 0.550. The van der Waals surface area contributed by atoms with Gasteiger partial charge >= 0.3 is 0 Å². The number of aryl methyl sites for hydroxylation is 2. The molecule has 1 aliphatic rings. The number of nitrogens with one attached hydrogen (secondary N) is 2. The SMILES string of the molecule is CCCc1nc(CNC(=O)c2c(C)ccn(CC3CCCNC3)c2=O)cs1. The topological polar surface area (TPSA) is 76.0 Å². The highest BCUT2D eigenvalue weighted by molar-refractivity contribution is 7.09. The predicted octanol–water partition coefficient (Wildman–Crippen LogP) is 2.50. The van der Waals surface area contributed by atoms with Crippen LogP contribution in [-0.2, 0) is 19.5 Å². The molecule has 1 amide bonds. The third kappa shape index (κ3) is 5.05. The lowest BCUT2D eigenvalue weighted by atomic mass is 9.99. The van der Waals surface area contributed by atoms with Gasteiger partial charge in [0.25, 0.3) is 11.5 Å². The number of thiazole rings is 1. The lowest BCUT2D eigenvalue weighted by molar-refractivity contribution is 0.0947. The van der Waals surface area contributed by atoms with Crippen LogP contribution in [0, 0.1) is 12.8 Å². The second-order valence-corrected chi connectivity index (χ2v) is 8.15. The molecule has 3 rings (SSSR count). The number of nitrogens with zero attached hydrogens (tertiary/aromatic N) is 2. The Hall–Kier alpha value is -1.99. The second-order valence-electron chi connectivity index (χ2n) is 7.21. The zero-order valence-electron chi connectivity index (χ0n) is 16.1. The molecule has 27 heavy (non-hydrogen) atoms. The summed E-state index contributed by atoms with van der Waals surface area (Å²) in [7, 11) is 0. The summed E-state index contributed by atoms with van der Waals surface area (Å²) in [6.45, 7) is 6.90. The first-order valence-electron chi connectivity index (χ1n) is 9.70. The Balaban J connectivity index is 1.69. The van der Waals surface area contributed by atoms with Crippen LogP contribution in [0.2, 0.25) is 0 Å². The average Bonchev–Trinajstić information content (AvgIpc) is 3.11. The van der Waals surface area contributed by atoms with Crippen molar-refractivity contribution in [2.45, 2.75) is 52.6 Å². The highest BCUT2D eigenvalue weighted by atomic mass is 32.1. The third-order valence-electron chi connectivity index (χ3n) is 4.95. The Kier molecular flexibility index (Phi) is 6.79. The van der Waals surface area contributed by atoms with Gasteiger partial charge in [-0.25, -0.2) is 4.98 Å². The van der Waals surface area contributed by atoms with Gasteiger partial charge in [-0.2, -0.15) is 0 Å². The highest BCUT2D eigenvalue weighted by Gasteiger charge is 2.19. The Bertz CT molecular complexity index is 837. The van der Waals surface area contributed by atoms with Crippen molar-refractivity contribution in [3.63, 3.8) is 0 Å². The Labute approximate surface area is 164 Å². The molecule has 1 atom stereocenters. The van der Waals surface area contributed by atoms with E-state index in [0.29, 0.717) is 24.6 Å². The monoisotopic (exact) mass is 388 g/mol. The van der Waals surface area contributed by atoms with Crippen LogP contribution in [0.15, 0.2) is 22.4 Å². The van der Waals surface area contributed by atoms with Crippen molar-refractivity contribution >= 4 is 17.2 Å². The quantitative estimate of drug-likeness (QED) is 0.764. The van der Waals surface area contributed by atoms with E-state index in [1.807, 2.05) is 18.4 Å². The minimum Gasteiger partial charge on any atom is -0.346 e. The van der Waals surface area contributed by atoms with Gasteiger partial charge in [-0.1, -0.05) is 6.92 Å². The van der Waals surface area contributed by atoms with Crippen molar-refractivity contribution < 1.29 is 4.79 Å². The van der Waals surface area contributed by atoms with Crippen molar-refractivity contribution in [2.75, 3.05) is 13.1 Å². The molecule has 0 aromatic carbocycles. The summed E-state index contributed by atoms with van der Waals surface area (Å²) >= 11 is 1.62. The zero-order valence-corrected chi connectivity index (χ0v) is 16.9. The van der Waals surface area contributed by atoms with Gasteiger partial charge in [-0.05, 0) is 63.2 Å². The van der Waals surface area contributed by atoms with Gasteiger partial charge in [-0.15, -0.1) is 11.3 Å². The molecule has 3 heterocycles. The molecule has 1 aliphatic heterocycles. The average molecular weight is 389 g/mol. The maximum Gasteiger partial charge on any atom is 0.263 e. The molecule has 0 aliphatic carbocycles. The number of hydrogen-bond acceptors (Lipinski definition) is 5. The van der Waals surface area contributed by atoms with Gasteiger partial charge in [0.1, 0.15) is 5.56 Å². The van der Waals surface area contributed by atoms with E-state index < -0.39 is 0 Å². The Morgan fingerprint density at radius 3 is 3.07 bits per heavy atom. The molecule has 1 saturated heterocycles. The number of aromatic nitrogens is 2. The number of pyridine rings is 1. The molecule has 0 radical (unpaired) electrons. The first-order valence-corrected chi connectivity index (χ1v) is 10.6. The maximum atomic E-state index is 12.9. The van der Waals surface area contributed by atoms with Gasteiger partial charge in [0.15, 0.2) is 0 Å². The summed E-state index contributed by atoms with van der Waals surface area (Å²) in [6, 6.07) is 1.86. The van der Waals surface area contributed by atoms with Crippen molar-refractivity contribution in [1.29, 1.82) is 0 Å². The van der Waals surface area contributed by atoms with E-state index in [9.17, 15) is 9.59 Å². The second kappa shape index (κ2) is 9.28. The Morgan fingerprint density at radius 2 is 2.33 bits per heavy atom. The minimum atomic E-state index is -0.321. The molecule has 0 spiro atoms. The van der Waals surface area contributed by atoms with Crippen LogP contribution in [0.4, 0.5) is 0 Å². The molecule has 0 bridgehead atoms. The van der Waals surface area contributed by atoms with E-state index in [2.05, 4.69) is 22.5 Å². The first-order chi connectivity index (χ1) is 13.1. The molecule has 0 saturated carbocycles. The van der Waals surface area contributed by atoms with Gasteiger partial charge in [0, 0.05) is 18.1 Å².